The van der Waals surface area contributed by atoms with Crippen LogP contribution in [-0.2, 0) is 0 Å². The van der Waals surface area contributed by atoms with Crippen LogP contribution >= 0.6 is 0 Å². The highest BCUT2D eigenvalue weighted by atomic mass is 16.1. The SMILES string of the molecule is CN1CCC(C(=O)c2ccccc2)c2ccccc21. The van der Waals surface area contributed by atoms with Crippen LogP contribution < -0.4 is 4.90 Å². The number of Topliss-reactive ketones (excluding diaryl/α,β-unsaturated/α-hetero) is 1. The molecule has 0 amide bonds. The Morgan fingerprint density at radius 1 is 1.05 bits per heavy atom. The topological polar surface area (TPSA) is 20.3 Å². The number of fused-ring (bicyclic) bond motifs is 1. The van der Waals surface area contributed by atoms with E-state index in [9.17, 15) is 4.79 Å². The number of anilines is 1. The average Bonchev–Trinajstić information content (AvgIpc) is 2.48. The molecule has 2 nitrogen and oxygen atoms in total. The van der Waals surface area contributed by atoms with E-state index in [4.69, 9.17) is 0 Å². The van der Waals surface area contributed by atoms with Crippen molar-refractivity contribution >= 4 is 11.5 Å². The summed E-state index contributed by atoms with van der Waals surface area (Å²) < 4.78 is 0. The molecule has 0 spiro atoms. The van der Waals surface area contributed by atoms with Crippen LogP contribution in [-0.4, -0.2) is 19.4 Å². The number of benzene rings is 2. The molecule has 0 aromatic heterocycles. The van der Waals surface area contributed by atoms with E-state index < -0.39 is 0 Å². The molecule has 1 unspecified atom stereocenters. The molecule has 1 heterocycles. The van der Waals surface area contributed by atoms with Crippen molar-refractivity contribution in [3.05, 3.63) is 65.7 Å². The predicted octanol–water partition coefficient (Wildman–Crippen LogP) is 3.49. The number of carbonyl (C=O) groups excluding carboxylic acids is 1. The number of ketones is 1. The van der Waals surface area contributed by atoms with Gasteiger partial charge in [-0.15, -0.1) is 0 Å². The van der Waals surface area contributed by atoms with Crippen LogP contribution in [0.4, 0.5) is 5.69 Å². The molecular formula is C17H17NO. The molecule has 1 aliphatic heterocycles. The van der Waals surface area contributed by atoms with Crippen molar-refractivity contribution in [3.8, 4) is 0 Å². The van der Waals surface area contributed by atoms with Gasteiger partial charge in [-0.25, -0.2) is 0 Å². The van der Waals surface area contributed by atoms with Gasteiger partial charge in [0.25, 0.3) is 0 Å². The van der Waals surface area contributed by atoms with Crippen molar-refractivity contribution in [1.82, 2.24) is 0 Å². The summed E-state index contributed by atoms with van der Waals surface area (Å²) in [6, 6.07) is 17.8. The minimum absolute atomic E-state index is 0.00481. The third kappa shape index (κ3) is 2.14. The molecule has 19 heavy (non-hydrogen) atoms. The quantitative estimate of drug-likeness (QED) is 0.761. The molecule has 0 radical (unpaired) electrons. The van der Waals surface area contributed by atoms with Gasteiger partial charge in [0, 0.05) is 24.8 Å². The summed E-state index contributed by atoms with van der Waals surface area (Å²) in [4.78, 5) is 14.9. The fourth-order valence-corrected chi connectivity index (χ4v) is 2.80. The maximum Gasteiger partial charge on any atom is 0.170 e. The van der Waals surface area contributed by atoms with Gasteiger partial charge in [-0.05, 0) is 18.1 Å². The third-order valence-electron chi connectivity index (χ3n) is 3.85. The minimum atomic E-state index is -0.00481. The maximum absolute atomic E-state index is 12.7. The van der Waals surface area contributed by atoms with Gasteiger partial charge in [-0.1, -0.05) is 48.5 Å². The van der Waals surface area contributed by atoms with Gasteiger partial charge in [0.05, 0.1) is 5.92 Å². The van der Waals surface area contributed by atoms with Gasteiger partial charge in [-0.2, -0.15) is 0 Å². The van der Waals surface area contributed by atoms with E-state index in [1.165, 1.54) is 5.69 Å². The molecule has 96 valence electrons. The predicted molar refractivity (Wildman–Crippen MR) is 77.8 cm³/mol. The summed E-state index contributed by atoms with van der Waals surface area (Å²) in [5.41, 5.74) is 3.15. The van der Waals surface area contributed by atoms with E-state index in [1.807, 2.05) is 42.5 Å². The van der Waals surface area contributed by atoms with E-state index in [-0.39, 0.29) is 11.7 Å². The van der Waals surface area contributed by atoms with Gasteiger partial charge in [0.15, 0.2) is 5.78 Å². The van der Waals surface area contributed by atoms with Crippen molar-refractivity contribution in [2.24, 2.45) is 0 Å². The lowest BCUT2D eigenvalue weighted by Crippen LogP contribution is -2.30. The van der Waals surface area contributed by atoms with Gasteiger partial charge in [0.1, 0.15) is 0 Å². The van der Waals surface area contributed by atoms with E-state index in [1.54, 1.807) is 0 Å². The largest absolute Gasteiger partial charge is 0.374 e. The number of para-hydroxylation sites is 1. The number of hydrogen-bond acceptors (Lipinski definition) is 2. The van der Waals surface area contributed by atoms with E-state index in [2.05, 4.69) is 24.1 Å². The zero-order valence-electron chi connectivity index (χ0n) is 11.0. The first-order valence-corrected chi connectivity index (χ1v) is 6.66. The molecule has 0 bridgehead atoms. The summed E-state index contributed by atoms with van der Waals surface area (Å²) in [6.45, 7) is 0.931. The lowest BCUT2D eigenvalue weighted by Gasteiger charge is -2.32. The molecular weight excluding hydrogens is 234 g/mol. The van der Waals surface area contributed by atoms with Crippen LogP contribution in [0.5, 0.6) is 0 Å². The monoisotopic (exact) mass is 251 g/mol. The van der Waals surface area contributed by atoms with Crippen molar-refractivity contribution in [2.75, 3.05) is 18.5 Å². The molecule has 0 saturated carbocycles. The molecule has 0 aliphatic carbocycles. The number of carbonyl (C=O) groups is 1. The van der Waals surface area contributed by atoms with Crippen molar-refractivity contribution in [1.29, 1.82) is 0 Å². The summed E-state index contributed by atoms with van der Waals surface area (Å²) in [5, 5.41) is 0. The number of nitrogens with zero attached hydrogens (tertiary/aromatic N) is 1. The minimum Gasteiger partial charge on any atom is -0.374 e. The van der Waals surface area contributed by atoms with Crippen LogP contribution in [0.3, 0.4) is 0 Å². The highest BCUT2D eigenvalue weighted by molar-refractivity contribution is 6.02. The van der Waals surface area contributed by atoms with Crippen LogP contribution in [0.25, 0.3) is 0 Å². The molecule has 2 aromatic carbocycles. The maximum atomic E-state index is 12.7. The first-order chi connectivity index (χ1) is 9.27. The number of hydrogen-bond donors (Lipinski definition) is 0. The van der Waals surface area contributed by atoms with Crippen LogP contribution in [0.15, 0.2) is 54.6 Å². The van der Waals surface area contributed by atoms with Crippen LogP contribution in [0.2, 0.25) is 0 Å². The normalized spacial score (nSPS) is 17.9. The Morgan fingerprint density at radius 2 is 1.74 bits per heavy atom. The Bertz CT molecular complexity index is 591. The first kappa shape index (κ1) is 12.0. The van der Waals surface area contributed by atoms with Gasteiger partial charge >= 0.3 is 0 Å². The van der Waals surface area contributed by atoms with E-state index >= 15 is 0 Å². The molecule has 0 N–H and O–H groups in total. The third-order valence-corrected chi connectivity index (χ3v) is 3.85. The number of rotatable bonds is 2. The molecule has 1 aliphatic rings. The molecule has 2 aromatic rings. The molecule has 2 heteroatoms. The zero-order chi connectivity index (χ0) is 13.2. The smallest absolute Gasteiger partial charge is 0.170 e. The summed E-state index contributed by atoms with van der Waals surface area (Å²) in [7, 11) is 2.09. The fourth-order valence-electron chi connectivity index (χ4n) is 2.80. The Kier molecular flexibility index (Phi) is 3.08. The summed E-state index contributed by atoms with van der Waals surface area (Å²) >= 11 is 0. The second-order valence-electron chi connectivity index (χ2n) is 5.05. The average molecular weight is 251 g/mol. The van der Waals surface area contributed by atoms with Crippen LogP contribution in [0, 0.1) is 0 Å². The van der Waals surface area contributed by atoms with Crippen molar-refractivity contribution in [2.45, 2.75) is 12.3 Å². The van der Waals surface area contributed by atoms with E-state index in [0.29, 0.717) is 0 Å². The molecule has 0 saturated heterocycles. The van der Waals surface area contributed by atoms with Gasteiger partial charge < -0.3 is 4.90 Å². The lowest BCUT2D eigenvalue weighted by atomic mass is 9.84. The highest BCUT2D eigenvalue weighted by Crippen LogP contribution is 2.36. The van der Waals surface area contributed by atoms with Gasteiger partial charge in [0.2, 0.25) is 0 Å². The Hall–Kier alpha value is -2.09. The van der Waals surface area contributed by atoms with Crippen molar-refractivity contribution < 1.29 is 4.79 Å². The van der Waals surface area contributed by atoms with E-state index in [0.717, 1.165) is 24.1 Å². The summed E-state index contributed by atoms with van der Waals surface area (Å²) in [5.74, 6) is 0.232. The second-order valence-corrected chi connectivity index (χ2v) is 5.05. The molecule has 3 rings (SSSR count). The second kappa shape index (κ2) is 4.88. The lowest BCUT2D eigenvalue weighted by molar-refractivity contribution is 0.0954. The first-order valence-electron chi connectivity index (χ1n) is 6.66. The van der Waals surface area contributed by atoms with Crippen molar-refractivity contribution in [3.63, 3.8) is 0 Å². The van der Waals surface area contributed by atoms with Gasteiger partial charge in [-0.3, -0.25) is 4.79 Å². The standard InChI is InChI=1S/C17H17NO/c1-18-12-11-15(14-9-5-6-10-16(14)18)17(19)13-7-3-2-4-8-13/h2-10,15H,11-12H2,1H3. The zero-order valence-corrected chi connectivity index (χ0v) is 11.0. The Labute approximate surface area is 113 Å². The Morgan fingerprint density at radius 3 is 2.53 bits per heavy atom. The fraction of sp³-hybridized carbons (Fsp3) is 0.235. The molecule has 0 fully saturated rings. The highest BCUT2D eigenvalue weighted by Gasteiger charge is 2.28. The van der Waals surface area contributed by atoms with Crippen LogP contribution in [0.1, 0.15) is 28.3 Å². The molecule has 1 atom stereocenters. The summed E-state index contributed by atoms with van der Waals surface area (Å²) in [6.07, 6.45) is 0.890. The Balaban J connectivity index is 1.99.